The lowest BCUT2D eigenvalue weighted by Crippen LogP contribution is -2.38. The zero-order chi connectivity index (χ0) is 18.3. The molecule has 25 heavy (non-hydrogen) atoms. The molecule has 2 aromatic rings. The highest BCUT2D eigenvalue weighted by Gasteiger charge is 2.24. The second-order valence-electron chi connectivity index (χ2n) is 6.77. The van der Waals surface area contributed by atoms with Gasteiger partial charge in [-0.15, -0.1) is 0 Å². The van der Waals surface area contributed by atoms with Gasteiger partial charge in [0, 0.05) is 20.1 Å². The molecular weight excluding hydrogens is 324 g/mol. The van der Waals surface area contributed by atoms with E-state index in [1.54, 1.807) is 11.6 Å². The fourth-order valence-corrected chi connectivity index (χ4v) is 3.51. The molecule has 136 valence electrons. The number of aromatic nitrogens is 4. The minimum absolute atomic E-state index is 0.137. The molecule has 0 radical (unpaired) electrons. The van der Waals surface area contributed by atoms with E-state index >= 15 is 0 Å². The number of primary amides is 1. The molecule has 2 aromatic heterocycles. The van der Waals surface area contributed by atoms with Crippen LogP contribution in [0.1, 0.15) is 32.0 Å². The summed E-state index contributed by atoms with van der Waals surface area (Å²) in [5, 5.41) is 0. The van der Waals surface area contributed by atoms with Crippen LogP contribution < -0.4 is 17.0 Å². The van der Waals surface area contributed by atoms with Crippen molar-refractivity contribution in [1.82, 2.24) is 23.6 Å². The highest BCUT2D eigenvalue weighted by Crippen LogP contribution is 2.20. The molecule has 1 atom stereocenters. The zero-order valence-electron chi connectivity index (χ0n) is 14.9. The average Bonchev–Trinajstić information content (AvgIpc) is 2.91. The molecule has 0 saturated carbocycles. The minimum atomic E-state index is -0.553. The van der Waals surface area contributed by atoms with E-state index in [1.165, 1.54) is 18.0 Å². The van der Waals surface area contributed by atoms with Crippen LogP contribution in [0.5, 0.6) is 0 Å². The van der Waals surface area contributed by atoms with Crippen molar-refractivity contribution in [3.05, 3.63) is 26.7 Å². The molecule has 2 N–H and O–H groups in total. The number of rotatable bonds is 4. The molecule has 0 unspecified atom stereocenters. The summed E-state index contributed by atoms with van der Waals surface area (Å²) in [7, 11) is 2.98. The number of aryl methyl sites for hydroxylation is 1. The smallest absolute Gasteiger partial charge is 0.332 e. The van der Waals surface area contributed by atoms with Gasteiger partial charge in [-0.25, -0.2) is 9.78 Å². The molecule has 1 aliphatic rings. The standard InChI is InChI=1S/C16H24N6O3/c1-10-6-4-5-7-21(10)9-12-18-14-13(22(12)8-11(17)23)15(24)20(3)16(25)19(14)2/h10H,4-9H2,1-3H3,(H2,17,23)/t10-/m1/s1. The highest BCUT2D eigenvalue weighted by molar-refractivity contribution is 5.78. The third kappa shape index (κ3) is 2.99. The maximum Gasteiger partial charge on any atom is 0.332 e. The minimum Gasteiger partial charge on any atom is -0.368 e. The summed E-state index contributed by atoms with van der Waals surface area (Å²) >= 11 is 0. The predicted molar refractivity (Wildman–Crippen MR) is 93.1 cm³/mol. The van der Waals surface area contributed by atoms with Crippen molar-refractivity contribution in [2.75, 3.05) is 6.54 Å². The fourth-order valence-electron chi connectivity index (χ4n) is 3.51. The molecule has 1 amide bonds. The number of fused-ring (bicyclic) bond motifs is 1. The van der Waals surface area contributed by atoms with E-state index in [2.05, 4.69) is 16.8 Å². The van der Waals surface area contributed by atoms with E-state index < -0.39 is 17.2 Å². The number of carbonyl (C=O) groups is 1. The second-order valence-corrected chi connectivity index (χ2v) is 6.77. The fraction of sp³-hybridized carbons (Fsp3) is 0.625. The van der Waals surface area contributed by atoms with E-state index in [9.17, 15) is 14.4 Å². The van der Waals surface area contributed by atoms with Crippen molar-refractivity contribution in [2.45, 2.75) is 45.3 Å². The van der Waals surface area contributed by atoms with Crippen LogP contribution in [0.25, 0.3) is 11.2 Å². The Morgan fingerprint density at radius 3 is 2.60 bits per heavy atom. The van der Waals surface area contributed by atoms with Crippen LogP contribution >= 0.6 is 0 Å². The van der Waals surface area contributed by atoms with Crippen molar-refractivity contribution in [1.29, 1.82) is 0 Å². The number of nitrogens with zero attached hydrogens (tertiary/aromatic N) is 5. The summed E-state index contributed by atoms with van der Waals surface area (Å²) in [6, 6.07) is 0.405. The van der Waals surface area contributed by atoms with Gasteiger partial charge in [-0.1, -0.05) is 6.42 Å². The van der Waals surface area contributed by atoms with Gasteiger partial charge in [0.2, 0.25) is 5.91 Å². The van der Waals surface area contributed by atoms with Gasteiger partial charge in [-0.05, 0) is 26.3 Å². The number of piperidine rings is 1. The highest BCUT2D eigenvalue weighted by atomic mass is 16.2. The van der Waals surface area contributed by atoms with Gasteiger partial charge in [0.05, 0.1) is 6.54 Å². The van der Waals surface area contributed by atoms with Crippen LogP contribution in [0.15, 0.2) is 9.59 Å². The van der Waals surface area contributed by atoms with Crippen LogP contribution in [-0.4, -0.2) is 42.1 Å². The van der Waals surface area contributed by atoms with Crippen molar-refractivity contribution in [3.8, 4) is 0 Å². The van der Waals surface area contributed by atoms with Gasteiger partial charge >= 0.3 is 5.69 Å². The second kappa shape index (κ2) is 6.47. The molecule has 0 spiro atoms. The monoisotopic (exact) mass is 348 g/mol. The van der Waals surface area contributed by atoms with Gasteiger partial charge in [-0.3, -0.25) is 23.6 Å². The zero-order valence-corrected chi connectivity index (χ0v) is 14.9. The largest absolute Gasteiger partial charge is 0.368 e. The van der Waals surface area contributed by atoms with E-state index in [-0.39, 0.29) is 17.7 Å². The van der Waals surface area contributed by atoms with E-state index in [0.717, 1.165) is 24.0 Å². The van der Waals surface area contributed by atoms with E-state index in [4.69, 9.17) is 5.73 Å². The molecule has 0 aromatic carbocycles. The van der Waals surface area contributed by atoms with Gasteiger partial charge in [0.1, 0.15) is 12.4 Å². The van der Waals surface area contributed by atoms with Crippen LogP contribution in [-0.2, 0) is 32.0 Å². The molecule has 9 heteroatoms. The number of imidazole rings is 1. The summed E-state index contributed by atoms with van der Waals surface area (Å²) in [6.07, 6.45) is 3.42. The SMILES string of the molecule is C[C@@H]1CCCCN1Cc1nc2c(c(=O)n(C)c(=O)n2C)n1CC(N)=O. The third-order valence-corrected chi connectivity index (χ3v) is 5.03. The molecule has 0 aliphatic carbocycles. The lowest BCUT2D eigenvalue weighted by Gasteiger charge is -2.32. The third-order valence-electron chi connectivity index (χ3n) is 5.03. The number of amides is 1. The summed E-state index contributed by atoms with van der Waals surface area (Å²) in [6.45, 7) is 3.48. The van der Waals surface area contributed by atoms with E-state index in [1.807, 2.05) is 0 Å². The van der Waals surface area contributed by atoms with Gasteiger partial charge in [0.25, 0.3) is 5.56 Å². The van der Waals surface area contributed by atoms with Gasteiger partial charge < -0.3 is 10.3 Å². The Morgan fingerprint density at radius 2 is 1.96 bits per heavy atom. The van der Waals surface area contributed by atoms with Crippen molar-refractivity contribution < 1.29 is 4.79 Å². The summed E-state index contributed by atoms with van der Waals surface area (Å²) in [4.78, 5) is 43.1. The Kier molecular flexibility index (Phi) is 4.51. The lowest BCUT2D eigenvalue weighted by atomic mass is 10.0. The molecule has 0 bridgehead atoms. The van der Waals surface area contributed by atoms with Crippen molar-refractivity contribution in [2.24, 2.45) is 19.8 Å². The first-order valence-corrected chi connectivity index (χ1v) is 8.48. The topological polar surface area (TPSA) is 108 Å². The quantitative estimate of drug-likeness (QED) is 0.785. The van der Waals surface area contributed by atoms with Crippen molar-refractivity contribution >= 4 is 17.1 Å². The number of hydrogen-bond acceptors (Lipinski definition) is 5. The molecule has 9 nitrogen and oxygen atoms in total. The molecule has 3 rings (SSSR count). The van der Waals surface area contributed by atoms with Crippen LogP contribution in [0.4, 0.5) is 0 Å². The van der Waals surface area contributed by atoms with Crippen LogP contribution in [0.2, 0.25) is 0 Å². The average molecular weight is 348 g/mol. The molecule has 1 aliphatic heterocycles. The number of carbonyl (C=O) groups excluding carboxylic acids is 1. The normalized spacial score (nSPS) is 18.8. The first kappa shape index (κ1) is 17.4. The van der Waals surface area contributed by atoms with Crippen molar-refractivity contribution in [3.63, 3.8) is 0 Å². The Labute approximate surface area is 144 Å². The Hall–Kier alpha value is -2.42. The van der Waals surface area contributed by atoms with E-state index in [0.29, 0.717) is 18.4 Å². The molecule has 1 fully saturated rings. The number of nitrogens with two attached hydrogens (primary N) is 1. The summed E-state index contributed by atoms with van der Waals surface area (Å²) < 4.78 is 3.91. The van der Waals surface area contributed by atoms with Crippen LogP contribution in [0.3, 0.4) is 0 Å². The Morgan fingerprint density at radius 1 is 1.24 bits per heavy atom. The molecule has 3 heterocycles. The number of likely N-dealkylation sites (tertiary alicyclic amines) is 1. The predicted octanol–water partition coefficient (Wildman–Crippen LogP) is -0.707. The maximum absolute atomic E-state index is 12.6. The Balaban J connectivity index is 2.19. The Bertz CT molecular complexity index is 938. The molecule has 1 saturated heterocycles. The maximum atomic E-state index is 12.6. The summed E-state index contributed by atoms with van der Waals surface area (Å²) in [5.41, 5.74) is 4.99. The van der Waals surface area contributed by atoms with Gasteiger partial charge in [0.15, 0.2) is 11.2 Å². The number of hydrogen-bond donors (Lipinski definition) is 1. The lowest BCUT2D eigenvalue weighted by molar-refractivity contribution is -0.118. The molecular formula is C16H24N6O3. The van der Waals surface area contributed by atoms with Crippen LogP contribution in [0, 0.1) is 0 Å². The first-order chi connectivity index (χ1) is 11.8. The summed E-state index contributed by atoms with van der Waals surface area (Å²) in [5.74, 6) is 0.0315. The van der Waals surface area contributed by atoms with Gasteiger partial charge in [-0.2, -0.15) is 0 Å². The first-order valence-electron chi connectivity index (χ1n) is 8.48.